The molecule has 0 aliphatic rings. The van der Waals surface area contributed by atoms with Gasteiger partial charge < -0.3 is 5.32 Å². The van der Waals surface area contributed by atoms with Crippen LogP contribution in [0, 0.1) is 5.82 Å². The molecule has 1 N–H and O–H groups in total. The molecule has 0 atom stereocenters. The van der Waals surface area contributed by atoms with Crippen LogP contribution < -0.4 is 5.32 Å². The lowest BCUT2D eigenvalue weighted by Crippen LogP contribution is -2.26. The first kappa shape index (κ1) is 15.2. The van der Waals surface area contributed by atoms with Gasteiger partial charge >= 0.3 is 0 Å². The normalized spacial score (nSPS) is 10.3. The number of halogens is 3. The van der Waals surface area contributed by atoms with E-state index in [1.54, 1.807) is 30.3 Å². The van der Waals surface area contributed by atoms with Gasteiger partial charge in [0.15, 0.2) is 0 Å². The van der Waals surface area contributed by atoms with E-state index in [0.717, 1.165) is 8.95 Å². The van der Waals surface area contributed by atoms with Crippen molar-refractivity contribution < 1.29 is 9.18 Å². The van der Waals surface area contributed by atoms with Crippen molar-refractivity contribution >= 4 is 37.8 Å². The molecular formula is C15H12Br2FNO. The SMILES string of the molecule is O=C(NCCc1ccccc1F)c1ccc(Br)cc1Br. The second-order valence-electron chi connectivity index (χ2n) is 4.22. The molecule has 2 aromatic carbocycles. The molecule has 1 amide bonds. The van der Waals surface area contributed by atoms with Crippen LogP contribution in [0.2, 0.25) is 0 Å². The van der Waals surface area contributed by atoms with E-state index >= 15 is 0 Å². The topological polar surface area (TPSA) is 29.1 Å². The summed E-state index contributed by atoms with van der Waals surface area (Å²) in [5.74, 6) is -0.424. The zero-order valence-corrected chi connectivity index (χ0v) is 13.7. The van der Waals surface area contributed by atoms with Gasteiger partial charge in [-0.3, -0.25) is 4.79 Å². The van der Waals surface area contributed by atoms with E-state index < -0.39 is 0 Å². The van der Waals surface area contributed by atoms with Crippen molar-refractivity contribution in [2.24, 2.45) is 0 Å². The summed E-state index contributed by atoms with van der Waals surface area (Å²) in [7, 11) is 0. The molecule has 0 radical (unpaired) electrons. The number of carbonyl (C=O) groups excluding carboxylic acids is 1. The van der Waals surface area contributed by atoms with Crippen molar-refractivity contribution in [3.8, 4) is 0 Å². The average Bonchev–Trinajstić information content (AvgIpc) is 2.40. The maximum atomic E-state index is 13.4. The Labute approximate surface area is 133 Å². The number of carbonyl (C=O) groups is 1. The highest BCUT2D eigenvalue weighted by molar-refractivity contribution is 9.11. The van der Waals surface area contributed by atoms with E-state index in [9.17, 15) is 9.18 Å². The number of hydrogen-bond donors (Lipinski definition) is 1. The Morgan fingerprint density at radius 3 is 2.60 bits per heavy atom. The molecule has 20 heavy (non-hydrogen) atoms. The monoisotopic (exact) mass is 399 g/mol. The van der Waals surface area contributed by atoms with E-state index in [0.29, 0.717) is 24.1 Å². The number of nitrogens with one attached hydrogen (secondary N) is 1. The average molecular weight is 401 g/mol. The molecular weight excluding hydrogens is 389 g/mol. The minimum atomic E-state index is -0.244. The van der Waals surface area contributed by atoms with Crippen molar-refractivity contribution in [2.75, 3.05) is 6.54 Å². The molecule has 0 fully saturated rings. The molecule has 5 heteroatoms. The second-order valence-corrected chi connectivity index (χ2v) is 5.99. The molecule has 2 rings (SSSR count). The van der Waals surface area contributed by atoms with Crippen LogP contribution in [-0.2, 0) is 6.42 Å². The predicted molar refractivity (Wildman–Crippen MR) is 84.3 cm³/mol. The Hall–Kier alpha value is -1.20. The first-order valence-electron chi connectivity index (χ1n) is 6.04. The molecule has 0 unspecified atom stereocenters. The van der Waals surface area contributed by atoms with Gasteiger partial charge in [0.05, 0.1) is 5.56 Å². The zero-order valence-electron chi connectivity index (χ0n) is 10.5. The fourth-order valence-corrected chi connectivity index (χ4v) is 3.01. The minimum absolute atomic E-state index is 0.180. The van der Waals surface area contributed by atoms with Gasteiger partial charge in [-0.1, -0.05) is 34.1 Å². The van der Waals surface area contributed by atoms with Crippen LogP contribution in [0.3, 0.4) is 0 Å². The third-order valence-electron chi connectivity index (χ3n) is 2.81. The van der Waals surface area contributed by atoms with Crippen LogP contribution in [0.25, 0.3) is 0 Å². The lowest BCUT2D eigenvalue weighted by atomic mass is 10.1. The van der Waals surface area contributed by atoms with E-state index in [-0.39, 0.29) is 11.7 Å². The van der Waals surface area contributed by atoms with Gasteiger partial charge in [0.25, 0.3) is 5.91 Å². The molecule has 0 aliphatic carbocycles. The highest BCUT2D eigenvalue weighted by Gasteiger charge is 2.10. The molecule has 0 saturated heterocycles. The lowest BCUT2D eigenvalue weighted by molar-refractivity contribution is 0.0953. The van der Waals surface area contributed by atoms with Gasteiger partial charge in [-0.15, -0.1) is 0 Å². The summed E-state index contributed by atoms with van der Waals surface area (Å²) in [5, 5.41) is 2.78. The molecule has 104 valence electrons. The van der Waals surface area contributed by atoms with Gasteiger partial charge in [0.2, 0.25) is 0 Å². The van der Waals surface area contributed by atoms with Gasteiger partial charge in [0, 0.05) is 15.5 Å². The quantitative estimate of drug-likeness (QED) is 0.813. The summed E-state index contributed by atoms with van der Waals surface area (Å²) in [6, 6.07) is 11.9. The van der Waals surface area contributed by atoms with Gasteiger partial charge in [-0.25, -0.2) is 4.39 Å². The Bertz CT molecular complexity index is 631. The molecule has 0 spiro atoms. The maximum Gasteiger partial charge on any atom is 0.252 e. The summed E-state index contributed by atoms with van der Waals surface area (Å²) in [5.41, 5.74) is 1.16. The van der Waals surface area contributed by atoms with Crippen molar-refractivity contribution in [1.29, 1.82) is 0 Å². The molecule has 0 bridgehead atoms. The number of amides is 1. The first-order chi connectivity index (χ1) is 9.58. The first-order valence-corrected chi connectivity index (χ1v) is 7.63. The maximum absolute atomic E-state index is 13.4. The second kappa shape index (κ2) is 6.99. The van der Waals surface area contributed by atoms with Crippen LogP contribution in [0.15, 0.2) is 51.4 Å². The van der Waals surface area contributed by atoms with Crippen molar-refractivity contribution in [1.82, 2.24) is 5.32 Å². The third-order valence-corrected chi connectivity index (χ3v) is 3.96. The van der Waals surface area contributed by atoms with Gasteiger partial charge in [-0.2, -0.15) is 0 Å². The number of rotatable bonds is 4. The summed E-state index contributed by atoms with van der Waals surface area (Å²) in [6.45, 7) is 0.391. The van der Waals surface area contributed by atoms with Gasteiger partial charge in [-0.05, 0) is 52.2 Å². The molecule has 2 aromatic rings. The van der Waals surface area contributed by atoms with Crippen LogP contribution >= 0.6 is 31.9 Å². The van der Waals surface area contributed by atoms with E-state index in [1.165, 1.54) is 6.07 Å². The van der Waals surface area contributed by atoms with E-state index in [1.807, 2.05) is 6.07 Å². The largest absolute Gasteiger partial charge is 0.352 e. The summed E-state index contributed by atoms with van der Waals surface area (Å²) in [6.07, 6.45) is 0.465. The molecule has 2 nitrogen and oxygen atoms in total. The minimum Gasteiger partial charge on any atom is -0.352 e. The summed E-state index contributed by atoms with van der Waals surface area (Å²) >= 11 is 6.68. The lowest BCUT2D eigenvalue weighted by Gasteiger charge is -2.08. The van der Waals surface area contributed by atoms with Crippen molar-refractivity contribution in [2.45, 2.75) is 6.42 Å². The van der Waals surface area contributed by atoms with Crippen molar-refractivity contribution in [3.05, 3.63) is 68.4 Å². The highest BCUT2D eigenvalue weighted by Crippen LogP contribution is 2.21. The van der Waals surface area contributed by atoms with E-state index in [4.69, 9.17) is 0 Å². The molecule has 0 aromatic heterocycles. The smallest absolute Gasteiger partial charge is 0.252 e. The van der Waals surface area contributed by atoms with Gasteiger partial charge in [0.1, 0.15) is 5.82 Å². The highest BCUT2D eigenvalue weighted by atomic mass is 79.9. The molecule has 0 saturated carbocycles. The number of benzene rings is 2. The summed E-state index contributed by atoms with van der Waals surface area (Å²) in [4.78, 5) is 12.0. The Kier molecular flexibility index (Phi) is 5.31. The van der Waals surface area contributed by atoms with E-state index in [2.05, 4.69) is 37.2 Å². The standard InChI is InChI=1S/C15H12Br2FNO/c16-11-5-6-12(13(17)9-11)15(20)19-8-7-10-3-1-2-4-14(10)18/h1-6,9H,7-8H2,(H,19,20). The Morgan fingerprint density at radius 1 is 1.15 bits per heavy atom. The van der Waals surface area contributed by atoms with Crippen LogP contribution in [0.4, 0.5) is 4.39 Å². The van der Waals surface area contributed by atoms with Crippen molar-refractivity contribution in [3.63, 3.8) is 0 Å². The van der Waals surface area contributed by atoms with Crippen LogP contribution in [0.1, 0.15) is 15.9 Å². The molecule has 0 heterocycles. The summed E-state index contributed by atoms with van der Waals surface area (Å²) < 4.78 is 15.0. The zero-order chi connectivity index (χ0) is 14.5. The predicted octanol–water partition coefficient (Wildman–Crippen LogP) is 4.32. The Morgan fingerprint density at radius 2 is 1.90 bits per heavy atom. The van der Waals surface area contributed by atoms with Crippen LogP contribution in [0.5, 0.6) is 0 Å². The van der Waals surface area contributed by atoms with Crippen LogP contribution in [-0.4, -0.2) is 12.5 Å². The fourth-order valence-electron chi connectivity index (χ4n) is 1.78. The third kappa shape index (κ3) is 3.90. The number of hydrogen-bond acceptors (Lipinski definition) is 1. The fraction of sp³-hybridized carbons (Fsp3) is 0.133. The Balaban J connectivity index is 1.94. The molecule has 0 aliphatic heterocycles.